The van der Waals surface area contributed by atoms with E-state index in [0.717, 1.165) is 44.4 Å². The Balaban J connectivity index is 0.000000860. The van der Waals surface area contributed by atoms with Gasteiger partial charge in [-0.25, -0.2) is 9.97 Å². The molecule has 0 saturated heterocycles. The number of aliphatic hydroxyl groups is 2. The van der Waals surface area contributed by atoms with Crippen LogP contribution in [0.15, 0.2) is 24.3 Å². The standard InChI is InChI=1S/C34H38N4O6.C4H6O2/c1-15-21(7-9-31(41)42)27-14-28-22(8-10-32(43)44)16(2)24(36-28)12-29-34(20(6)40)18(4)26(38-29)13-30-33(19(5)39)17(3)25(37-30)11-23(15)35-27;1-3(5)4(2)6/h11-14,19-20,35,38-40H,7-10H2,1-6H3,(H,41,42)(H,43,44);1-2H3. The molecule has 0 spiro atoms. The van der Waals surface area contributed by atoms with Crippen LogP contribution >= 0.6 is 0 Å². The molecule has 2 aliphatic heterocycles. The van der Waals surface area contributed by atoms with Gasteiger partial charge in [-0.1, -0.05) is 0 Å². The largest absolute Gasteiger partial charge is 0.481 e. The zero-order valence-electron chi connectivity index (χ0n) is 29.6. The SMILES string of the molecule is CC(=O)C(C)=O.CC1=C(CCC(=O)O)c2cc3[nH]c(cc4nc(cc5[nH]c(cc1n2)c(C(C)O)c5C)C(C(C)O)=C4C)c(C)c3CCC(=O)O. The van der Waals surface area contributed by atoms with Crippen LogP contribution in [0.1, 0.15) is 112 Å². The highest BCUT2D eigenvalue weighted by Crippen LogP contribution is 2.37. The summed E-state index contributed by atoms with van der Waals surface area (Å²) in [5, 5.41) is 40.5. The summed E-state index contributed by atoms with van der Waals surface area (Å²) in [6.07, 6.45) is -1.16. The van der Waals surface area contributed by atoms with Crippen molar-refractivity contribution in [2.45, 2.75) is 93.3 Å². The number of nitrogens with zero attached hydrogens (tertiary/aromatic N) is 2. The van der Waals surface area contributed by atoms with Crippen molar-refractivity contribution < 1.29 is 39.6 Å². The Kier molecular flexibility index (Phi) is 11.4. The van der Waals surface area contributed by atoms with E-state index >= 15 is 0 Å². The number of allylic oxidation sites excluding steroid dienone is 3. The van der Waals surface area contributed by atoms with Crippen LogP contribution in [0.3, 0.4) is 0 Å². The van der Waals surface area contributed by atoms with E-state index in [9.17, 15) is 39.6 Å². The van der Waals surface area contributed by atoms with Gasteiger partial charge in [0.15, 0.2) is 11.6 Å². The molecule has 0 saturated carbocycles. The van der Waals surface area contributed by atoms with Crippen molar-refractivity contribution in [3.63, 3.8) is 0 Å². The van der Waals surface area contributed by atoms with Gasteiger partial charge >= 0.3 is 11.9 Å². The first kappa shape index (κ1) is 37.6. The average molecular weight is 685 g/mol. The number of carboxylic acids is 2. The normalized spacial score (nSPS) is 13.9. The topological polar surface area (TPSA) is 207 Å². The Morgan fingerprint density at radius 1 is 0.640 bits per heavy atom. The van der Waals surface area contributed by atoms with Crippen LogP contribution < -0.4 is 0 Å². The number of nitrogens with one attached hydrogen (secondary N) is 2. The lowest BCUT2D eigenvalue weighted by molar-refractivity contribution is -0.137. The van der Waals surface area contributed by atoms with E-state index in [4.69, 9.17) is 9.97 Å². The minimum absolute atomic E-state index is 0.0628. The molecule has 12 nitrogen and oxygen atoms in total. The minimum Gasteiger partial charge on any atom is -0.481 e. The Bertz CT molecular complexity index is 2120. The third kappa shape index (κ3) is 7.98. The molecular formula is C38H44N4O8. The molecule has 6 N–H and O–H groups in total. The predicted octanol–water partition coefficient (Wildman–Crippen LogP) is 6.27. The summed E-state index contributed by atoms with van der Waals surface area (Å²) in [6, 6.07) is 7.51. The fourth-order valence-corrected chi connectivity index (χ4v) is 6.31. The Hall–Kier alpha value is -5.20. The highest BCUT2D eigenvalue weighted by Gasteiger charge is 2.23. The van der Waals surface area contributed by atoms with Crippen molar-refractivity contribution in [2.24, 2.45) is 0 Å². The number of aliphatic carboxylic acids is 2. The average Bonchev–Trinajstić information content (AvgIpc) is 3.68. The molecule has 5 heterocycles. The summed E-state index contributed by atoms with van der Waals surface area (Å²) < 4.78 is 0. The van der Waals surface area contributed by atoms with E-state index in [1.165, 1.54) is 13.8 Å². The predicted molar refractivity (Wildman–Crippen MR) is 192 cm³/mol. The van der Waals surface area contributed by atoms with E-state index in [1.807, 2.05) is 52.0 Å². The summed E-state index contributed by atoms with van der Waals surface area (Å²) in [4.78, 5) is 59.4. The van der Waals surface area contributed by atoms with Gasteiger partial charge in [-0.15, -0.1) is 0 Å². The van der Waals surface area contributed by atoms with Crippen LogP contribution in [0.2, 0.25) is 0 Å². The van der Waals surface area contributed by atoms with Crippen LogP contribution in [0, 0.1) is 13.8 Å². The number of fused-ring (bicyclic) bond motifs is 8. The molecule has 0 fully saturated rings. The smallest absolute Gasteiger partial charge is 0.303 e. The van der Waals surface area contributed by atoms with E-state index in [2.05, 4.69) is 9.97 Å². The van der Waals surface area contributed by atoms with E-state index in [-0.39, 0.29) is 37.2 Å². The van der Waals surface area contributed by atoms with Gasteiger partial charge in [0.2, 0.25) is 0 Å². The maximum Gasteiger partial charge on any atom is 0.303 e. The summed E-state index contributed by atoms with van der Waals surface area (Å²) in [5.74, 6) is -2.59. The van der Waals surface area contributed by atoms with Crippen molar-refractivity contribution in [3.8, 4) is 0 Å². The van der Waals surface area contributed by atoms with Crippen LogP contribution in [0.25, 0.3) is 44.4 Å². The van der Waals surface area contributed by atoms with Crippen LogP contribution in [-0.2, 0) is 25.6 Å². The lowest BCUT2D eigenvalue weighted by Gasteiger charge is -2.07. The van der Waals surface area contributed by atoms with Gasteiger partial charge in [0.1, 0.15) is 0 Å². The fraction of sp³-hybridized carbons (Fsp3) is 0.368. The van der Waals surface area contributed by atoms with Crippen LogP contribution in [-0.4, -0.2) is 70.0 Å². The number of carboxylic acid groups (broad SMARTS) is 2. The maximum absolute atomic E-state index is 11.6. The summed E-state index contributed by atoms with van der Waals surface area (Å²) in [5.41, 5.74) is 11.7. The fourth-order valence-electron chi connectivity index (χ4n) is 6.31. The quantitative estimate of drug-likeness (QED) is 0.139. The molecule has 12 heteroatoms. The van der Waals surface area contributed by atoms with Crippen molar-refractivity contribution in [3.05, 3.63) is 69.3 Å². The van der Waals surface area contributed by atoms with Gasteiger partial charge in [0.05, 0.1) is 35.0 Å². The number of H-pyrrole nitrogens is 2. The van der Waals surface area contributed by atoms with Crippen molar-refractivity contribution in [1.29, 1.82) is 0 Å². The van der Waals surface area contributed by atoms with Crippen LogP contribution in [0.4, 0.5) is 0 Å². The zero-order chi connectivity index (χ0) is 37.2. The van der Waals surface area contributed by atoms with Crippen molar-refractivity contribution in [2.75, 3.05) is 0 Å². The van der Waals surface area contributed by atoms with Gasteiger partial charge in [-0.05, 0) is 112 Å². The maximum atomic E-state index is 11.6. The lowest BCUT2D eigenvalue weighted by Crippen LogP contribution is -2.02. The molecule has 50 heavy (non-hydrogen) atoms. The minimum atomic E-state index is -0.917. The molecule has 2 atom stereocenters. The number of carbonyl (C=O) groups is 4. The lowest BCUT2D eigenvalue weighted by atomic mass is 9.99. The number of Topliss-reactive ketones (excluding diaryl/α,β-unsaturated/α-hetero) is 2. The van der Waals surface area contributed by atoms with E-state index in [1.54, 1.807) is 13.8 Å². The molecular weight excluding hydrogens is 640 g/mol. The second-order valence-electron chi connectivity index (χ2n) is 12.8. The van der Waals surface area contributed by atoms with Gasteiger partial charge in [0, 0.05) is 59.9 Å². The molecule has 3 aromatic rings. The molecule has 5 rings (SSSR count). The van der Waals surface area contributed by atoms with Gasteiger partial charge in [-0.2, -0.15) is 0 Å². The highest BCUT2D eigenvalue weighted by molar-refractivity contribution is 6.35. The Morgan fingerprint density at radius 2 is 1.12 bits per heavy atom. The molecule has 0 aromatic carbocycles. The van der Waals surface area contributed by atoms with Gasteiger partial charge in [-0.3, -0.25) is 19.2 Å². The first-order valence-corrected chi connectivity index (χ1v) is 16.4. The Labute approximate surface area is 289 Å². The molecule has 2 aliphatic rings. The van der Waals surface area contributed by atoms with Crippen LogP contribution in [0.5, 0.6) is 0 Å². The summed E-state index contributed by atoms with van der Waals surface area (Å²) >= 11 is 0. The van der Waals surface area contributed by atoms with Crippen molar-refractivity contribution >= 4 is 67.9 Å². The summed E-state index contributed by atoms with van der Waals surface area (Å²) in [6.45, 7) is 13.6. The molecule has 264 valence electrons. The number of carbonyl (C=O) groups excluding carboxylic acids is 2. The Morgan fingerprint density at radius 3 is 1.68 bits per heavy atom. The molecule has 0 aliphatic carbocycles. The zero-order valence-corrected chi connectivity index (χ0v) is 29.6. The number of aromatic amines is 2. The summed E-state index contributed by atoms with van der Waals surface area (Å²) in [7, 11) is 0. The monoisotopic (exact) mass is 684 g/mol. The molecule has 8 bridgehead atoms. The number of hydrogen-bond donors (Lipinski definition) is 6. The number of aliphatic hydroxyl groups excluding tert-OH is 2. The first-order valence-electron chi connectivity index (χ1n) is 16.4. The number of ketones is 2. The van der Waals surface area contributed by atoms with Crippen molar-refractivity contribution in [1.82, 2.24) is 19.9 Å². The number of rotatable bonds is 9. The second-order valence-corrected chi connectivity index (χ2v) is 12.8. The molecule has 0 radical (unpaired) electrons. The first-order chi connectivity index (χ1) is 23.4. The van der Waals surface area contributed by atoms with Gasteiger partial charge in [0.25, 0.3) is 0 Å². The number of aromatic nitrogens is 4. The van der Waals surface area contributed by atoms with E-state index in [0.29, 0.717) is 44.9 Å². The third-order valence-electron chi connectivity index (χ3n) is 9.14. The number of hydrogen-bond acceptors (Lipinski definition) is 8. The third-order valence-corrected chi connectivity index (χ3v) is 9.14. The molecule has 3 aromatic heterocycles. The number of aryl methyl sites for hydroxylation is 3. The molecule has 0 amide bonds. The van der Waals surface area contributed by atoms with Gasteiger partial charge < -0.3 is 30.4 Å². The highest BCUT2D eigenvalue weighted by atomic mass is 16.4. The van der Waals surface area contributed by atoms with E-state index < -0.39 is 24.1 Å². The second kappa shape index (κ2) is 15.1. The molecule has 2 unspecified atom stereocenters.